The van der Waals surface area contributed by atoms with E-state index in [1.165, 1.54) is 32.2 Å². The van der Waals surface area contributed by atoms with Crippen LogP contribution in [0, 0.1) is 27.4 Å². The summed E-state index contributed by atoms with van der Waals surface area (Å²) in [5.74, 6) is 1.59. The van der Waals surface area contributed by atoms with E-state index < -0.39 is 4.92 Å². The number of rotatable bonds is 6. The number of nitro groups is 1. The fourth-order valence-electron chi connectivity index (χ4n) is 4.64. The summed E-state index contributed by atoms with van der Waals surface area (Å²) in [6.45, 7) is 2.19. The first-order chi connectivity index (χ1) is 13.9. The molecule has 152 valence electrons. The van der Waals surface area contributed by atoms with E-state index in [-0.39, 0.29) is 22.9 Å². The Morgan fingerprint density at radius 3 is 2.90 bits per heavy atom. The summed E-state index contributed by atoms with van der Waals surface area (Å²) in [6, 6.07) is 7.84. The van der Waals surface area contributed by atoms with Crippen LogP contribution in [0.1, 0.15) is 38.4 Å². The minimum Gasteiger partial charge on any atom is -0.497 e. The molecule has 2 fully saturated rings. The SMILES string of the molecule is COc1ccc(-c2ccc(/C=N\NC(=O)[C@@H]3[C@@H]4CCCC[C@@]34C)o2)c([N+](=O)[O-])c1. The smallest absolute Gasteiger partial charge is 0.284 e. The molecule has 0 unspecified atom stereocenters. The highest BCUT2D eigenvalue weighted by Crippen LogP contribution is 2.66. The normalized spacial score (nSPS) is 25.4. The number of nitro benzene ring substituents is 1. The van der Waals surface area contributed by atoms with Crippen LogP contribution in [0.2, 0.25) is 0 Å². The van der Waals surface area contributed by atoms with E-state index in [9.17, 15) is 14.9 Å². The Hall–Kier alpha value is -3.16. The van der Waals surface area contributed by atoms with Crippen LogP contribution in [0.3, 0.4) is 0 Å². The standard InChI is InChI=1S/C21H23N3O5/c1-21-10-4-3-5-16(21)19(21)20(25)23-22-12-14-7-9-18(29-14)15-8-6-13(28-2)11-17(15)24(26)27/h6-9,11-12,16,19H,3-5,10H2,1-2H3,(H,23,25)/b22-12-/t16-,19-,21+/m0/s1. The molecule has 1 aromatic heterocycles. The maximum absolute atomic E-state index is 12.4. The van der Waals surface area contributed by atoms with E-state index >= 15 is 0 Å². The zero-order valence-electron chi connectivity index (χ0n) is 16.4. The summed E-state index contributed by atoms with van der Waals surface area (Å²) in [6.07, 6.45) is 6.00. The minimum absolute atomic E-state index is 0.0382. The molecule has 0 saturated heterocycles. The Bertz CT molecular complexity index is 982. The maximum atomic E-state index is 12.4. The van der Waals surface area contributed by atoms with Crippen molar-refractivity contribution in [3.8, 4) is 17.1 Å². The highest BCUT2D eigenvalue weighted by Gasteiger charge is 2.64. The molecule has 0 spiro atoms. The number of nitrogens with one attached hydrogen (secondary N) is 1. The molecule has 1 N–H and O–H groups in total. The van der Waals surface area contributed by atoms with Crippen molar-refractivity contribution in [2.45, 2.75) is 32.6 Å². The lowest BCUT2D eigenvalue weighted by Gasteiger charge is -2.15. The zero-order chi connectivity index (χ0) is 20.6. The van der Waals surface area contributed by atoms with Gasteiger partial charge < -0.3 is 9.15 Å². The summed E-state index contributed by atoms with van der Waals surface area (Å²) < 4.78 is 10.7. The second-order valence-electron chi connectivity index (χ2n) is 7.91. The summed E-state index contributed by atoms with van der Waals surface area (Å²) in [5.41, 5.74) is 2.97. The summed E-state index contributed by atoms with van der Waals surface area (Å²) >= 11 is 0. The molecule has 1 heterocycles. The van der Waals surface area contributed by atoms with Gasteiger partial charge in [-0.3, -0.25) is 14.9 Å². The van der Waals surface area contributed by atoms with Crippen molar-refractivity contribution in [2.24, 2.45) is 22.4 Å². The molecule has 2 saturated carbocycles. The Balaban J connectivity index is 1.44. The van der Waals surface area contributed by atoms with E-state index in [2.05, 4.69) is 17.5 Å². The molecule has 4 rings (SSSR count). The number of fused-ring (bicyclic) bond motifs is 1. The second-order valence-corrected chi connectivity index (χ2v) is 7.91. The molecular formula is C21H23N3O5. The van der Waals surface area contributed by atoms with Crippen LogP contribution in [-0.2, 0) is 4.79 Å². The summed E-state index contributed by atoms with van der Waals surface area (Å²) in [4.78, 5) is 23.3. The molecule has 2 aromatic rings. The number of carbonyl (C=O) groups is 1. The van der Waals surface area contributed by atoms with E-state index in [1.54, 1.807) is 24.3 Å². The molecule has 0 radical (unpaired) electrons. The Morgan fingerprint density at radius 2 is 2.21 bits per heavy atom. The molecule has 2 aliphatic carbocycles. The average molecular weight is 397 g/mol. The quantitative estimate of drug-likeness (QED) is 0.448. The number of furan rings is 1. The van der Waals surface area contributed by atoms with Gasteiger partial charge in [-0.1, -0.05) is 19.8 Å². The van der Waals surface area contributed by atoms with E-state index in [1.807, 2.05) is 0 Å². The Labute approximate surface area is 168 Å². The second kappa shape index (κ2) is 7.35. The van der Waals surface area contributed by atoms with Gasteiger partial charge in [0.15, 0.2) is 0 Å². The number of hydrazone groups is 1. The number of amides is 1. The van der Waals surface area contributed by atoms with Gasteiger partial charge in [0.1, 0.15) is 17.3 Å². The van der Waals surface area contributed by atoms with Gasteiger partial charge in [-0.15, -0.1) is 0 Å². The van der Waals surface area contributed by atoms with Gasteiger partial charge in [-0.25, -0.2) is 5.43 Å². The predicted molar refractivity (Wildman–Crippen MR) is 107 cm³/mol. The van der Waals surface area contributed by atoms with Gasteiger partial charge in [0.25, 0.3) is 5.69 Å². The zero-order valence-corrected chi connectivity index (χ0v) is 16.4. The van der Waals surface area contributed by atoms with Crippen LogP contribution in [0.4, 0.5) is 5.69 Å². The van der Waals surface area contributed by atoms with Gasteiger partial charge in [-0.2, -0.15) is 5.10 Å². The minimum atomic E-state index is -0.482. The van der Waals surface area contributed by atoms with E-state index in [4.69, 9.17) is 9.15 Å². The lowest BCUT2D eigenvalue weighted by Crippen LogP contribution is -2.22. The Kier molecular flexibility index (Phi) is 4.86. The van der Waals surface area contributed by atoms with Crippen LogP contribution in [0.25, 0.3) is 11.3 Å². The topological polar surface area (TPSA) is 107 Å². The van der Waals surface area contributed by atoms with Crippen LogP contribution in [0.5, 0.6) is 5.75 Å². The van der Waals surface area contributed by atoms with E-state index in [0.717, 1.165) is 12.8 Å². The fourth-order valence-corrected chi connectivity index (χ4v) is 4.64. The summed E-state index contributed by atoms with van der Waals surface area (Å²) in [7, 11) is 1.45. The van der Waals surface area contributed by atoms with Crippen molar-refractivity contribution in [3.05, 3.63) is 46.2 Å². The monoisotopic (exact) mass is 397 g/mol. The molecule has 3 atom stereocenters. The van der Waals surface area contributed by atoms with Gasteiger partial charge in [0.05, 0.1) is 29.9 Å². The molecule has 8 heteroatoms. The lowest BCUT2D eigenvalue weighted by atomic mass is 9.90. The van der Waals surface area contributed by atoms with Crippen molar-refractivity contribution >= 4 is 17.8 Å². The third kappa shape index (κ3) is 3.50. The number of hydrogen-bond donors (Lipinski definition) is 1. The number of methoxy groups -OCH3 is 1. The fraction of sp³-hybridized carbons (Fsp3) is 0.429. The average Bonchev–Trinajstić information content (AvgIpc) is 3.08. The number of ether oxygens (including phenoxy) is 1. The number of benzene rings is 1. The highest BCUT2D eigenvalue weighted by atomic mass is 16.6. The summed E-state index contributed by atoms with van der Waals surface area (Å²) in [5, 5.41) is 15.4. The van der Waals surface area contributed by atoms with Crippen LogP contribution < -0.4 is 10.2 Å². The molecule has 29 heavy (non-hydrogen) atoms. The first-order valence-electron chi connectivity index (χ1n) is 9.69. The first kappa shape index (κ1) is 19.2. The van der Waals surface area contributed by atoms with Gasteiger partial charge in [0.2, 0.25) is 5.91 Å². The van der Waals surface area contributed by atoms with E-state index in [0.29, 0.717) is 28.8 Å². The molecule has 1 amide bonds. The number of hydrogen-bond acceptors (Lipinski definition) is 6. The molecule has 8 nitrogen and oxygen atoms in total. The molecule has 0 aliphatic heterocycles. The van der Waals surface area contributed by atoms with Crippen molar-refractivity contribution in [1.82, 2.24) is 5.43 Å². The predicted octanol–water partition coefficient (Wildman–Crippen LogP) is 4.14. The van der Waals surface area contributed by atoms with Crippen LogP contribution >= 0.6 is 0 Å². The number of carbonyl (C=O) groups excluding carboxylic acids is 1. The lowest BCUT2D eigenvalue weighted by molar-refractivity contribution is -0.384. The molecule has 2 aliphatic rings. The van der Waals surface area contributed by atoms with Crippen LogP contribution in [0.15, 0.2) is 39.9 Å². The highest BCUT2D eigenvalue weighted by molar-refractivity contribution is 5.85. The third-order valence-corrected chi connectivity index (χ3v) is 6.27. The van der Waals surface area contributed by atoms with Crippen LogP contribution in [-0.4, -0.2) is 24.2 Å². The van der Waals surface area contributed by atoms with Crippen molar-refractivity contribution in [3.63, 3.8) is 0 Å². The Morgan fingerprint density at radius 1 is 1.38 bits per heavy atom. The van der Waals surface area contributed by atoms with Crippen molar-refractivity contribution < 1.29 is 18.9 Å². The van der Waals surface area contributed by atoms with Gasteiger partial charge in [-0.05, 0) is 48.4 Å². The van der Waals surface area contributed by atoms with Crippen molar-refractivity contribution in [2.75, 3.05) is 7.11 Å². The van der Waals surface area contributed by atoms with Gasteiger partial charge >= 0.3 is 0 Å². The third-order valence-electron chi connectivity index (χ3n) is 6.27. The molecule has 0 bridgehead atoms. The van der Waals surface area contributed by atoms with Crippen molar-refractivity contribution in [1.29, 1.82) is 0 Å². The first-order valence-corrected chi connectivity index (χ1v) is 9.69. The molecule has 1 aromatic carbocycles. The van der Waals surface area contributed by atoms with Gasteiger partial charge in [0, 0.05) is 5.92 Å². The maximum Gasteiger partial charge on any atom is 0.284 e. The molecular weight excluding hydrogens is 374 g/mol. The number of nitrogens with zero attached hydrogens (tertiary/aromatic N) is 2. The largest absolute Gasteiger partial charge is 0.497 e.